The Morgan fingerprint density at radius 1 is 1.08 bits per heavy atom. The van der Waals surface area contributed by atoms with Gasteiger partial charge in [0.15, 0.2) is 0 Å². The van der Waals surface area contributed by atoms with Gasteiger partial charge in [-0.25, -0.2) is 4.79 Å². The van der Waals surface area contributed by atoms with Crippen LogP contribution in [-0.4, -0.2) is 28.4 Å². The van der Waals surface area contributed by atoms with E-state index in [1.165, 1.54) is 7.11 Å². The maximum absolute atomic E-state index is 13.3. The fraction of sp³-hybridized carbons (Fsp3) is 0.238. The largest absolute Gasteiger partial charge is 0.465 e. The number of nitrogens with zero attached hydrogens (tertiary/aromatic N) is 1. The summed E-state index contributed by atoms with van der Waals surface area (Å²) in [7, 11) is 1.33. The maximum Gasteiger partial charge on any atom is 0.340 e. The van der Waals surface area contributed by atoms with Gasteiger partial charge in [-0.2, -0.15) is 0 Å². The van der Waals surface area contributed by atoms with Crippen LogP contribution in [0.1, 0.15) is 50.3 Å². The molecule has 0 spiro atoms. The highest BCUT2D eigenvalue weighted by atomic mass is 16.5. The summed E-state index contributed by atoms with van der Waals surface area (Å²) in [5.41, 5.74) is 3.78. The number of esters is 1. The zero-order valence-corrected chi connectivity index (χ0v) is 15.2. The van der Waals surface area contributed by atoms with Gasteiger partial charge in [-0.05, 0) is 31.0 Å². The average Bonchev–Trinajstić information content (AvgIpc) is 3.25. The van der Waals surface area contributed by atoms with Crippen LogP contribution in [0, 0.1) is 6.92 Å². The number of H-pyrrole nitrogens is 1. The molecule has 134 valence electrons. The first-order valence-electron chi connectivity index (χ1n) is 8.60. The van der Waals surface area contributed by atoms with Gasteiger partial charge in [-0.1, -0.05) is 37.3 Å². The minimum Gasteiger partial charge on any atom is -0.465 e. The molecule has 0 saturated heterocycles. The Labute approximate surface area is 152 Å². The monoisotopic (exact) mass is 350 g/mol. The molecule has 3 rings (SSSR count). The van der Waals surface area contributed by atoms with Gasteiger partial charge in [0.05, 0.1) is 23.9 Å². The van der Waals surface area contributed by atoms with Crippen molar-refractivity contribution in [1.82, 2.24) is 9.55 Å². The van der Waals surface area contributed by atoms with Gasteiger partial charge < -0.3 is 14.3 Å². The second kappa shape index (κ2) is 7.44. The topological polar surface area (TPSA) is 64.1 Å². The number of hydrogen-bond acceptors (Lipinski definition) is 3. The van der Waals surface area contributed by atoms with Crippen LogP contribution in [0.15, 0.2) is 48.7 Å². The number of methoxy groups -OCH3 is 1. The molecule has 1 N–H and O–H groups in total. The third-order valence-corrected chi connectivity index (χ3v) is 4.49. The Bertz CT molecular complexity index is 936. The van der Waals surface area contributed by atoms with Crippen molar-refractivity contribution in [3.8, 4) is 0 Å². The van der Waals surface area contributed by atoms with E-state index < -0.39 is 5.97 Å². The fourth-order valence-electron chi connectivity index (χ4n) is 3.23. The van der Waals surface area contributed by atoms with Gasteiger partial charge in [0, 0.05) is 24.1 Å². The number of hydrogen-bond donors (Lipinski definition) is 1. The van der Waals surface area contributed by atoms with Crippen LogP contribution in [0.25, 0.3) is 0 Å². The zero-order valence-electron chi connectivity index (χ0n) is 15.2. The molecule has 0 aliphatic carbocycles. The van der Waals surface area contributed by atoms with Crippen LogP contribution in [0.2, 0.25) is 0 Å². The molecule has 0 amide bonds. The number of ketones is 1. The van der Waals surface area contributed by atoms with E-state index >= 15 is 0 Å². The van der Waals surface area contributed by atoms with Gasteiger partial charge in [0.2, 0.25) is 5.78 Å². The molecular formula is C21H22N2O3. The van der Waals surface area contributed by atoms with E-state index in [2.05, 4.69) is 4.98 Å². The van der Waals surface area contributed by atoms with Gasteiger partial charge in [-0.15, -0.1) is 0 Å². The number of aromatic amines is 1. The van der Waals surface area contributed by atoms with Gasteiger partial charge >= 0.3 is 5.97 Å². The maximum atomic E-state index is 13.3. The van der Waals surface area contributed by atoms with Gasteiger partial charge in [0.25, 0.3) is 0 Å². The molecule has 0 radical (unpaired) electrons. The molecule has 5 nitrogen and oxygen atoms in total. The number of nitrogens with one attached hydrogen (secondary N) is 1. The van der Waals surface area contributed by atoms with E-state index in [-0.39, 0.29) is 5.78 Å². The summed E-state index contributed by atoms with van der Waals surface area (Å²) in [6, 6.07) is 13.6. The summed E-state index contributed by atoms with van der Waals surface area (Å²) in [4.78, 5) is 28.7. The van der Waals surface area contributed by atoms with Crippen LogP contribution in [-0.2, 0) is 17.7 Å². The van der Waals surface area contributed by atoms with Crippen molar-refractivity contribution in [3.05, 3.63) is 82.4 Å². The number of carbonyl (C=O) groups is 2. The minimum atomic E-state index is -0.497. The molecule has 0 aliphatic heterocycles. The molecule has 0 unspecified atom stereocenters. The first-order chi connectivity index (χ1) is 12.6. The second-order valence-electron chi connectivity index (χ2n) is 6.16. The fourth-order valence-corrected chi connectivity index (χ4v) is 3.23. The number of rotatable bonds is 6. The predicted octanol–water partition coefficient (Wildman–Crippen LogP) is 3.75. The van der Waals surface area contributed by atoms with Crippen molar-refractivity contribution in [2.45, 2.75) is 26.8 Å². The van der Waals surface area contributed by atoms with Gasteiger partial charge in [-0.3, -0.25) is 4.79 Å². The molecule has 0 saturated carbocycles. The summed E-state index contributed by atoms with van der Waals surface area (Å²) in [5.74, 6) is -0.671. The normalized spacial score (nSPS) is 10.7. The summed E-state index contributed by atoms with van der Waals surface area (Å²) < 4.78 is 6.79. The molecule has 0 bridgehead atoms. The van der Waals surface area contributed by atoms with E-state index in [1.807, 2.05) is 54.1 Å². The molecular weight excluding hydrogens is 328 g/mol. The van der Waals surface area contributed by atoms with Crippen LogP contribution in [0.4, 0.5) is 0 Å². The highest BCUT2D eigenvalue weighted by molar-refractivity contribution is 6.15. The lowest BCUT2D eigenvalue weighted by atomic mass is 10.0. The highest BCUT2D eigenvalue weighted by Gasteiger charge is 2.28. The van der Waals surface area contributed by atoms with Crippen LogP contribution in [0.5, 0.6) is 0 Å². The Morgan fingerprint density at radius 3 is 2.46 bits per heavy atom. The van der Waals surface area contributed by atoms with Gasteiger partial charge in [0.1, 0.15) is 0 Å². The summed E-state index contributed by atoms with van der Waals surface area (Å²) in [6.07, 6.45) is 2.50. The first kappa shape index (κ1) is 17.7. The lowest BCUT2D eigenvalue weighted by Crippen LogP contribution is -2.15. The van der Waals surface area contributed by atoms with Crippen molar-refractivity contribution in [2.24, 2.45) is 0 Å². The van der Waals surface area contributed by atoms with Crippen LogP contribution in [0.3, 0.4) is 0 Å². The average molecular weight is 350 g/mol. The van der Waals surface area contributed by atoms with E-state index in [0.29, 0.717) is 35.5 Å². The lowest BCUT2D eigenvalue weighted by molar-refractivity contribution is 0.0597. The van der Waals surface area contributed by atoms with E-state index in [9.17, 15) is 9.59 Å². The molecule has 1 aromatic carbocycles. The number of carbonyl (C=O) groups excluding carboxylic acids is 2. The first-order valence-corrected chi connectivity index (χ1v) is 8.60. The number of ether oxygens (including phenoxy) is 1. The SMILES string of the molecule is CCc1[nH]c(C)c(C(=O)OC)c1C(=O)c1cccn1Cc1ccccc1. The molecule has 2 heterocycles. The summed E-state index contributed by atoms with van der Waals surface area (Å²) in [6.45, 7) is 4.32. The number of aromatic nitrogens is 2. The standard InChI is InChI=1S/C21H22N2O3/c1-4-16-19(18(14(2)22-16)21(25)26-3)20(24)17-11-8-12-23(17)13-15-9-6-5-7-10-15/h5-12,22H,4,13H2,1-3H3. The quantitative estimate of drug-likeness (QED) is 0.544. The number of aryl methyl sites for hydroxylation is 2. The van der Waals surface area contributed by atoms with Crippen molar-refractivity contribution in [2.75, 3.05) is 7.11 Å². The van der Waals surface area contributed by atoms with Crippen molar-refractivity contribution in [1.29, 1.82) is 0 Å². The Hall–Kier alpha value is -3.08. The molecule has 5 heteroatoms. The van der Waals surface area contributed by atoms with E-state index in [4.69, 9.17) is 4.74 Å². The summed E-state index contributed by atoms with van der Waals surface area (Å²) >= 11 is 0. The number of benzene rings is 1. The van der Waals surface area contributed by atoms with Crippen molar-refractivity contribution in [3.63, 3.8) is 0 Å². The van der Waals surface area contributed by atoms with E-state index in [1.54, 1.807) is 13.0 Å². The third-order valence-electron chi connectivity index (χ3n) is 4.49. The molecule has 0 atom stereocenters. The molecule has 26 heavy (non-hydrogen) atoms. The Morgan fingerprint density at radius 2 is 1.81 bits per heavy atom. The highest BCUT2D eigenvalue weighted by Crippen LogP contribution is 2.24. The second-order valence-corrected chi connectivity index (χ2v) is 6.16. The third kappa shape index (κ3) is 3.20. The predicted molar refractivity (Wildman–Crippen MR) is 99.7 cm³/mol. The van der Waals surface area contributed by atoms with Crippen molar-refractivity contribution >= 4 is 11.8 Å². The molecule has 2 aromatic heterocycles. The molecule has 3 aromatic rings. The van der Waals surface area contributed by atoms with Crippen molar-refractivity contribution < 1.29 is 14.3 Å². The summed E-state index contributed by atoms with van der Waals surface area (Å²) in [5, 5.41) is 0. The lowest BCUT2D eigenvalue weighted by Gasteiger charge is -2.10. The Kier molecular flexibility index (Phi) is 5.07. The van der Waals surface area contributed by atoms with Crippen LogP contribution < -0.4 is 0 Å². The smallest absolute Gasteiger partial charge is 0.340 e. The Balaban J connectivity index is 2.04. The minimum absolute atomic E-state index is 0.174. The molecule has 0 aliphatic rings. The zero-order chi connectivity index (χ0) is 18.7. The van der Waals surface area contributed by atoms with Crippen LogP contribution >= 0.6 is 0 Å². The van der Waals surface area contributed by atoms with E-state index in [0.717, 1.165) is 11.3 Å². The molecule has 0 fully saturated rings.